The quantitative estimate of drug-likeness (QED) is 0.715. The molecule has 0 aromatic carbocycles. The van der Waals surface area contributed by atoms with Crippen LogP contribution in [0.3, 0.4) is 0 Å². The fourth-order valence-corrected chi connectivity index (χ4v) is 4.41. The standard InChI is InChI=1S/C18H23N5OS/c1-17(2)13(10-18(17,3)24-5)22(4)15-7-6-14-19-20-16(23(14)21-15)12-8-9-25-11-12/h6-9,11,13H,10H2,1-5H3. The van der Waals surface area contributed by atoms with Crippen molar-refractivity contribution in [3.05, 3.63) is 29.0 Å². The highest BCUT2D eigenvalue weighted by atomic mass is 32.1. The van der Waals surface area contributed by atoms with Crippen LogP contribution in [-0.4, -0.2) is 45.6 Å². The summed E-state index contributed by atoms with van der Waals surface area (Å²) < 4.78 is 7.59. The summed E-state index contributed by atoms with van der Waals surface area (Å²) in [6.45, 7) is 6.70. The minimum absolute atomic E-state index is 0.0382. The largest absolute Gasteiger partial charge is 0.378 e. The first-order valence-electron chi connectivity index (χ1n) is 8.40. The maximum absolute atomic E-state index is 5.76. The third kappa shape index (κ3) is 2.29. The van der Waals surface area contributed by atoms with Gasteiger partial charge < -0.3 is 9.64 Å². The SMILES string of the molecule is COC1(C)CC(N(C)c2ccc3nnc(-c4ccsc4)n3n2)C1(C)C. The molecule has 132 valence electrons. The van der Waals surface area contributed by atoms with Crippen LogP contribution in [0.2, 0.25) is 0 Å². The summed E-state index contributed by atoms with van der Waals surface area (Å²) in [6.07, 6.45) is 0.978. The second-order valence-corrected chi connectivity index (χ2v) is 8.26. The van der Waals surface area contributed by atoms with Crippen molar-refractivity contribution >= 4 is 22.8 Å². The minimum atomic E-state index is -0.103. The number of ether oxygens (including phenoxy) is 1. The van der Waals surface area contributed by atoms with Gasteiger partial charge in [0, 0.05) is 36.6 Å². The van der Waals surface area contributed by atoms with Gasteiger partial charge in [0.05, 0.1) is 5.60 Å². The van der Waals surface area contributed by atoms with Crippen LogP contribution >= 0.6 is 11.3 Å². The Hall–Kier alpha value is -1.99. The molecule has 7 heteroatoms. The van der Waals surface area contributed by atoms with Gasteiger partial charge in [0.1, 0.15) is 5.82 Å². The van der Waals surface area contributed by atoms with Gasteiger partial charge in [0.25, 0.3) is 0 Å². The summed E-state index contributed by atoms with van der Waals surface area (Å²) in [5.41, 5.74) is 1.74. The summed E-state index contributed by atoms with van der Waals surface area (Å²) >= 11 is 1.64. The van der Waals surface area contributed by atoms with Gasteiger partial charge in [-0.1, -0.05) is 13.8 Å². The Morgan fingerprint density at radius 3 is 2.68 bits per heavy atom. The molecule has 0 saturated heterocycles. The molecule has 0 bridgehead atoms. The third-order valence-electron chi connectivity index (χ3n) is 6.09. The fraction of sp³-hybridized carbons (Fsp3) is 0.500. The van der Waals surface area contributed by atoms with E-state index in [1.807, 2.05) is 28.1 Å². The lowest BCUT2D eigenvalue weighted by molar-refractivity contribution is -0.172. The summed E-state index contributed by atoms with van der Waals surface area (Å²) in [4.78, 5) is 2.25. The Bertz CT molecular complexity index is 903. The van der Waals surface area contributed by atoms with Gasteiger partial charge in [0.2, 0.25) is 0 Å². The molecule has 1 saturated carbocycles. The van der Waals surface area contributed by atoms with Crippen molar-refractivity contribution in [2.45, 2.75) is 38.8 Å². The number of anilines is 1. The lowest BCUT2D eigenvalue weighted by Crippen LogP contribution is -2.68. The maximum atomic E-state index is 5.76. The average Bonchev–Trinajstić information content (AvgIpc) is 3.26. The molecule has 0 N–H and O–H groups in total. The Kier molecular flexibility index (Phi) is 3.63. The summed E-state index contributed by atoms with van der Waals surface area (Å²) in [5, 5.41) is 17.5. The van der Waals surface area contributed by atoms with E-state index in [2.05, 4.69) is 48.3 Å². The number of methoxy groups -OCH3 is 1. The number of hydrogen-bond acceptors (Lipinski definition) is 6. The molecule has 0 spiro atoms. The molecular weight excluding hydrogens is 334 g/mol. The van der Waals surface area contributed by atoms with E-state index < -0.39 is 0 Å². The number of hydrogen-bond donors (Lipinski definition) is 0. The second-order valence-electron chi connectivity index (χ2n) is 7.48. The first-order chi connectivity index (χ1) is 11.9. The lowest BCUT2D eigenvalue weighted by Gasteiger charge is -2.61. The zero-order valence-corrected chi connectivity index (χ0v) is 16.0. The molecule has 1 fully saturated rings. The van der Waals surface area contributed by atoms with Crippen molar-refractivity contribution in [3.63, 3.8) is 0 Å². The molecule has 1 aliphatic carbocycles. The first-order valence-corrected chi connectivity index (χ1v) is 9.35. The second kappa shape index (κ2) is 5.51. The monoisotopic (exact) mass is 357 g/mol. The van der Waals surface area contributed by atoms with Crippen LogP contribution < -0.4 is 4.90 Å². The van der Waals surface area contributed by atoms with Crippen molar-refractivity contribution in [3.8, 4) is 11.4 Å². The molecule has 3 aromatic rings. The van der Waals surface area contributed by atoms with E-state index in [9.17, 15) is 0 Å². The highest BCUT2D eigenvalue weighted by molar-refractivity contribution is 7.08. The van der Waals surface area contributed by atoms with Crippen molar-refractivity contribution < 1.29 is 4.74 Å². The van der Waals surface area contributed by atoms with E-state index in [4.69, 9.17) is 9.84 Å². The minimum Gasteiger partial charge on any atom is -0.378 e. The fourth-order valence-electron chi connectivity index (χ4n) is 3.77. The predicted octanol–water partition coefficient (Wildman–Crippen LogP) is 3.49. The van der Waals surface area contributed by atoms with E-state index in [1.54, 1.807) is 18.4 Å². The van der Waals surface area contributed by atoms with E-state index >= 15 is 0 Å². The molecule has 3 aromatic heterocycles. The molecule has 4 rings (SSSR count). The molecule has 0 aliphatic heterocycles. The van der Waals surface area contributed by atoms with Crippen LogP contribution in [0.25, 0.3) is 17.0 Å². The molecule has 3 heterocycles. The number of nitrogens with zero attached hydrogens (tertiary/aromatic N) is 5. The van der Waals surface area contributed by atoms with E-state index in [0.29, 0.717) is 6.04 Å². The average molecular weight is 357 g/mol. The number of rotatable bonds is 4. The first kappa shape index (κ1) is 16.5. The van der Waals surface area contributed by atoms with E-state index in [0.717, 1.165) is 29.3 Å². The predicted molar refractivity (Wildman–Crippen MR) is 100 cm³/mol. The molecule has 6 nitrogen and oxygen atoms in total. The number of thiophene rings is 1. The zero-order valence-electron chi connectivity index (χ0n) is 15.2. The molecule has 2 atom stereocenters. The van der Waals surface area contributed by atoms with Gasteiger partial charge in [-0.3, -0.25) is 0 Å². The maximum Gasteiger partial charge on any atom is 0.186 e. The van der Waals surface area contributed by atoms with Crippen molar-refractivity contribution in [1.82, 2.24) is 19.8 Å². The van der Waals surface area contributed by atoms with Gasteiger partial charge >= 0.3 is 0 Å². The Morgan fingerprint density at radius 2 is 2.04 bits per heavy atom. The van der Waals surface area contributed by atoms with Gasteiger partial charge in [0.15, 0.2) is 11.5 Å². The van der Waals surface area contributed by atoms with Crippen LogP contribution in [0.1, 0.15) is 27.2 Å². The van der Waals surface area contributed by atoms with Crippen molar-refractivity contribution in [1.29, 1.82) is 0 Å². The van der Waals surface area contributed by atoms with Crippen LogP contribution in [0.15, 0.2) is 29.0 Å². The van der Waals surface area contributed by atoms with Gasteiger partial charge in [-0.15, -0.1) is 15.3 Å². The Morgan fingerprint density at radius 1 is 1.24 bits per heavy atom. The van der Waals surface area contributed by atoms with Gasteiger partial charge in [-0.25, -0.2) is 0 Å². The topological polar surface area (TPSA) is 55.5 Å². The molecule has 1 aliphatic rings. The summed E-state index contributed by atoms with van der Waals surface area (Å²) in [7, 11) is 3.90. The Labute approximate surface area is 151 Å². The van der Waals surface area contributed by atoms with Gasteiger partial charge in [-0.2, -0.15) is 15.9 Å². The van der Waals surface area contributed by atoms with E-state index in [-0.39, 0.29) is 11.0 Å². The van der Waals surface area contributed by atoms with Gasteiger partial charge in [-0.05, 0) is 36.9 Å². The molecule has 25 heavy (non-hydrogen) atoms. The molecule has 0 amide bonds. The van der Waals surface area contributed by atoms with Crippen molar-refractivity contribution in [2.24, 2.45) is 5.41 Å². The van der Waals surface area contributed by atoms with E-state index in [1.165, 1.54) is 0 Å². The third-order valence-corrected chi connectivity index (χ3v) is 6.77. The molecular formula is C18H23N5OS. The lowest BCUT2D eigenvalue weighted by atomic mass is 9.55. The highest BCUT2D eigenvalue weighted by Gasteiger charge is 2.59. The Balaban J connectivity index is 1.69. The normalized spacial score (nSPS) is 25.1. The molecule has 2 unspecified atom stereocenters. The van der Waals surface area contributed by atoms with Crippen LogP contribution in [0.5, 0.6) is 0 Å². The zero-order chi connectivity index (χ0) is 17.8. The number of aromatic nitrogens is 4. The summed E-state index contributed by atoms with van der Waals surface area (Å²) in [5.74, 6) is 1.70. The highest BCUT2D eigenvalue weighted by Crippen LogP contribution is 2.54. The summed E-state index contributed by atoms with van der Waals surface area (Å²) in [6, 6.07) is 6.39. The van der Waals surface area contributed by atoms with Crippen LogP contribution in [0, 0.1) is 5.41 Å². The smallest absolute Gasteiger partial charge is 0.186 e. The van der Waals surface area contributed by atoms with Crippen LogP contribution in [0.4, 0.5) is 5.82 Å². The number of fused-ring (bicyclic) bond motifs is 1. The van der Waals surface area contributed by atoms with Crippen LogP contribution in [-0.2, 0) is 4.74 Å². The molecule has 0 radical (unpaired) electrons. The van der Waals surface area contributed by atoms with Crippen molar-refractivity contribution in [2.75, 3.05) is 19.1 Å².